The van der Waals surface area contributed by atoms with Crippen molar-refractivity contribution in [3.05, 3.63) is 47.0 Å². The van der Waals surface area contributed by atoms with Gasteiger partial charge in [-0.2, -0.15) is 10.5 Å². The fourth-order valence-electron chi connectivity index (χ4n) is 3.05. The van der Waals surface area contributed by atoms with E-state index in [1.54, 1.807) is 19.2 Å². The summed E-state index contributed by atoms with van der Waals surface area (Å²) in [6.07, 6.45) is 2.74. The molecule has 126 valence electrons. The zero-order valence-electron chi connectivity index (χ0n) is 13.8. The van der Waals surface area contributed by atoms with E-state index in [1.807, 2.05) is 12.1 Å². The molecule has 5 nitrogen and oxygen atoms in total. The van der Waals surface area contributed by atoms with Gasteiger partial charge in [0.2, 0.25) is 0 Å². The highest BCUT2D eigenvalue weighted by molar-refractivity contribution is 5.39. The largest absolute Gasteiger partial charge is 0.373 e. The molecule has 0 bridgehead atoms. The van der Waals surface area contributed by atoms with Crippen LogP contribution in [0.2, 0.25) is 0 Å². The highest BCUT2D eigenvalue weighted by atomic mass is 19.1. The molecule has 0 aliphatic carbocycles. The number of piperidine rings is 1. The third-order valence-electron chi connectivity index (χ3n) is 4.38. The molecule has 0 spiro atoms. The number of rotatable bonds is 6. The molecular weight excluding hydrogens is 305 g/mol. The summed E-state index contributed by atoms with van der Waals surface area (Å²) in [5.41, 5.74) is 1.06. The molecule has 1 fully saturated rings. The number of halogens is 1. The first-order valence-electron chi connectivity index (χ1n) is 8.11. The van der Waals surface area contributed by atoms with Gasteiger partial charge >= 0.3 is 0 Å². The minimum Gasteiger partial charge on any atom is -0.373 e. The number of nitriles is 2. The van der Waals surface area contributed by atoms with Crippen molar-refractivity contribution in [2.45, 2.75) is 25.3 Å². The van der Waals surface area contributed by atoms with Crippen LogP contribution in [-0.2, 0) is 6.42 Å². The molecule has 1 aromatic carbocycles. The molecule has 1 aromatic rings. The van der Waals surface area contributed by atoms with E-state index in [2.05, 4.69) is 16.0 Å². The Morgan fingerprint density at radius 2 is 1.88 bits per heavy atom. The Morgan fingerprint density at radius 1 is 1.25 bits per heavy atom. The molecule has 2 rings (SSSR count). The van der Waals surface area contributed by atoms with Gasteiger partial charge in [0.25, 0.3) is 0 Å². The molecule has 0 saturated carbocycles. The van der Waals surface area contributed by atoms with Crippen LogP contribution < -0.4 is 16.0 Å². The lowest BCUT2D eigenvalue weighted by Crippen LogP contribution is -2.45. The second-order valence-corrected chi connectivity index (χ2v) is 5.89. The van der Waals surface area contributed by atoms with Crippen LogP contribution in [0.5, 0.6) is 0 Å². The van der Waals surface area contributed by atoms with Crippen molar-refractivity contribution in [1.29, 1.82) is 10.5 Å². The van der Waals surface area contributed by atoms with Crippen LogP contribution in [0.15, 0.2) is 35.7 Å². The zero-order chi connectivity index (χ0) is 17.4. The van der Waals surface area contributed by atoms with Crippen molar-refractivity contribution in [3.63, 3.8) is 0 Å². The normalized spacial score (nSPS) is 15.7. The predicted molar refractivity (Wildman–Crippen MR) is 89.9 cm³/mol. The molecule has 0 radical (unpaired) electrons. The highest BCUT2D eigenvalue weighted by Gasteiger charge is 2.25. The molecule has 1 aliphatic rings. The molecule has 1 aliphatic heterocycles. The first-order valence-corrected chi connectivity index (χ1v) is 8.11. The van der Waals surface area contributed by atoms with Gasteiger partial charge in [0, 0.05) is 13.1 Å². The Kier molecular flexibility index (Phi) is 6.60. The van der Waals surface area contributed by atoms with Gasteiger partial charge in [-0.1, -0.05) is 12.1 Å². The van der Waals surface area contributed by atoms with Crippen molar-refractivity contribution >= 4 is 0 Å². The summed E-state index contributed by atoms with van der Waals surface area (Å²) in [6, 6.07) is 10.4. The fourth-order valence-corrected chi connectivity index (χ4v) is 3.05. The molecular formula is C18H22FN5. The summed E-state index contributed by atoms with van der Waals surface area (Å²) in [5.74, 6) is 0.612. The van der Waals surface area contributed by atoms with Gasteiger partial charge in [0.05, 0.1) is 0 Å². The van der Waals surface area contributed by atoms with Crippen molar-refractivity contribution < 1.29 is 4.39 Å². The predicted octanol–water partition coefficient (Wildman–Crippen LogP) is 1.80. The first-order chi connectivity index (χ1) is 11.7. The third kappa shape index (κ3) is 4.71. The second kappa shape index (κ2) is 8.90. The summed E-state index contributed by atoms with van der Waals surface area (Å²) in [7, 11) is 1.69. The average molecular weight is 327 g/mol. The number of benzene rings is 1. The van der Waals surface area contributed by atoms with Gasteiger partial charge in [-0.3, -0.25) is 0 Å². The van der Waals surface area contributed by atoms with Crippen LogP contribution in [-0.4, -0.2) is 26.2 Å². The molecule has 24 heavy (non-hydrogen) atoms. The van der Waals surface area contributed by atoms with E-state index in [0.29, 0.717) is 18.2 Å². The van der Waals surface area contributed by atoms with Crippen LogP contribution in [0.25, 0.3) is 0 Å². The molecule has 3 N–H and O–H groups in total. The van der Waals surface area contributed by atoms with E-state index in [1.165, 1.54) is 12.1 Å². The molecule has 1 atom stereocenters. The van der Waals surface area contributed by atoms with Crippen LogP contribution in [0.3, 0.4) is 0 Å². The molecule has 1 saturated heterocycles. The number of hydrogen-bond acceptors (Lipinski definition) is 5. The van der Waals surface area contributed by atoms with E-state index in [-0.39, 0.29) is 17.4 Å². The Hall–Kier alpha value is -2.57. The molecule has 6 heteroatoms. The smallest absolute Gasteiger partial charge is 0.169 e. The van der Waals surface area contributed by atoms with E-state index < -0.39 is 0 Å². The van der Waals surface area contributed by atoms with Gasteiger partial charge in [-0.25, -0.2) is 4.39 Å². The number of nitrogens with zero attached hydrogens (tertiary/aromatic N) is 2. The lowest BCUT2D eigenvalue weighted by Gasteiger charge is -2.33. The van der Waals surface area contributed by atoms with Crippen molar-refractivity contribution in [2.24, 2.45) is 5.92 Å². The van der Waals surface area contributed by atoms with Crippen molar-refractivity contribution in [3.8, 4) is 12.1 Å². The molecule has 1 heterocycles. The van der Waals surface area contributed by atoms with Crippen molar-refractivity contribution in [1.82, 2.24) is 16.0 Å². The Morgan fingerprint density at radius 3 is 2.42 bits per heavy atom. The summed E-state index contributed by atoms with van der Waals surface area (Å²) in [5, 5.41) is 27.8. The van der Waals surface area contributed by atoms with Crippen LogP contribution in [0.4, 0.5) is 4.39 Å². The van der Waals surface area contributed by atoms with E-state index >= 15 is 0 Å². The monoisotopic (exact) mass is 327 g/mol. The quantitative estimate of drug-likeness (QED) is 0.694. The summed E-state index contributed by atoms with van der Waals surface area (Å²) < 4.78 is 13.1. The van der Waals surface area contributed by atoms with Crippen LogP contribution >= 0.6 is 0 Å². The van der Waals surface area contributed by atoms with E-state index in [4.69, 9.17) is 10.5 Å². The van der Waals surface area contributed by atoms with Gasteiger partial charge < -0.3 is 16.0 Å². The fraction of sp³-hybridized carbons (Fsp3) is 0.444. The standard InChI is InChI=1S/C18H22FN5/c1-22-18(15(11-20)12-21)24-17(14-6-8-23-9-7-14)10-13-2-4-16(19)5-3-13/h2-5,14,17,22-24H,6-10H2,1H3. The number of allylic oxidation sites excluding steroid dienone is 1. The van der Waals surface area contributed by atoms with Gasteiger partial charge in [-0.05, 0) is 56.0 Å². The molecule has 1 unspecified atom stereocenters. The zero-order valence-corrected chi connectivity index (χ0v) is 13.8. The summed E-state index contributed by atoms with van der Waals surface area (Å²) in [6.45, 7) is 1.91. The lowest BCUT2D eigenvalue weighted by molar-refractivity contribution is 0.287. The van der Waals surface area contributed by atoms with Gasteiger partial charge in [0.15, 0.2) is 5.57 Å². The lowest BCUT2D eigenvalue weighted by atomic mass is 9.86. The minimum atomic E-state index is -0.253. The average Bonchev–Trinajstić information content (AvgIpc) is 2.63. The van der Waals surface area contributed by atoms with E-state index in [0.717, 1.165) is 31.5 Å². The maximum absolute atomic E-state index is 13.1. The summed E-state index contributed by atoms with van der Waals surface area (Å²) in [4.78, 5) is 0. The Labute approximate surface area is 142 Å². The van der Waals surface area contributed by atoms with Crippen molar-refractivity contribution in [2.75, 3.05) is 20.1 Å². The number of hydrogen-bond donors (Lipinski definition) is 3. The SMILES string of the molecule is CNC(NC(Cc1ccc(F)cc1)C1CCNCC1)=C(C#N)C#N. The van der Waals surface area contributed by atoms with E-state index in [9.17, 15) is 4.39 Å². The third-order valence-corrected chi connectivity index (χ3v) is 4.38. The minimum absolute atomic E-state index is 0.0375. The Bertz CT molecular complexity index is 631. The second-order valence-electron chi connectivity index (χ2n) is 5.89. The molecule has 0 aromatic heterocycles. The Balaban J connectivity index is 2.22. The maximum Gasteiger partial charge on any atom is 0.169 e. The first kappa shape index (κ1) is 17.8. The maximum atomic E-state index is 13.1. The highest BCUT2D eigenvalue weighted by Crippen LogP contribution is 2.21. The number of nitrogens with one attached hydrogen (secondary N) is 3. The van der Waals surface area contributed by atoms with Crippen LogP contribution in [0, 0.1) is 34.4 Å². The summed E-state index contributed by atoms with van der Waals surface area (Å²) >= 11 is 0. The van der Waals surface area contributed by atoms with Gasteiger partial charge in [0.1, 0.15) is 23.8 Å². The van der Waals surface area contributed by atoms with Gasteiger partial charge in [-0.15, -0.1) is 0 Å². The topological polar surface area (TPSA) is 83.7 Å². The molecule has 0 amide bonds. The van der Waals surface area contributed by atoms with Crippen LogP contribution in [0.1, 0.15) is 18.4 Å².